The third-order valence-corrected chi connectivity index (χ3v) is 4.80. The third kappa shape index (κ3) is 3.92. The molecule has 0 radical (unpaired) electrons. The molecule has 1 N–H and O–H groups in total. The van der Waals surface area contributed by atoms with Crippen LogP contribution < -0.4 is 4.72 Å². The first-order chi connectivity index (χ1) is 9.92. The molecule has 0 saturated carbocycles. The molecule has 0 aliphatic heterocycles. The van der Waals surface area contributed by atoms with Gasteiger partial charge >= 0.3 is 0 Å². The van der Waals surface area contributed by atoms with E-state index in [0.29, 0.717) is 5.92 Å². The summed E-state index contributed by atoms with van der Waals surface area (Å²) in [7, 11) is -3.67. The summed E-state index contributed by atoms with van der Waals surface area (Å²) in [5.74, 6) is 0.530. The first-order valence-electron chi connectivity index (χ1n) is 6.52. The Labute approximate surface area is 129 Å². The molecule has 1 aromatic carbocycles. The number of anilines is 1. The van der Waals surface area contributed by atoms with Crippen molar-refractivity contribution in [2.45, 2.75) is 31.1 Å². The minimum absolute atomic E-state index is 0.130. The molecule has 0 spiro atoms. The molecule has 1 aromatic heterocycles. The summed E-state index contributed by atoms with van der Waals surface area (Å²) < 4.78 is 26.8. The van der Waals surface area contributed by atoms with Crippen molar-refractivity contribution in [2.24, 2.45) is 0 Å². The van der Waals surface area contributed by atoms with Crippen molar-refractivity contribution in [1.29, 1.82) is 0 Å². The van der Waals surface area contributed by atoms with Crippen molar-refractivity contribution in [3.05, 3.63) is 47.4 Å². The predicted octanol–water partition coefficient (Wildman–Crippen LogP) is 3.44. The van der Waals surface area contributed by atoms with Crippen LogP contribution in [0, 0.1) is 0 Å². The molecule has 5 nitrogen and oxygen atoms in total. The van der Waals surface area contributed by atoms with E-state index in [2.05, 4.69) is 28.5 Å². The monoisotopic (exact) mass is 325 g/mol. The maximum Gasteiger partial charge on any atom is 0.263 e. The van der Waals surface area contributed by atoms with E-state index >= 15 is 0 Å². The highest BCUT2D eigenvalue weighted by atomic mass is 35.5. The van der Waals surface area contributed by atoms with Gasteiger partial charge in [0.15, 0.2) is 5.82 Å². The number of hydrogen-bond donors (Lipinski definition) is 1. The Kier molecular flexibility index (Phi) is 4.80. The fraction of sp³-hybridized carbons (Fsp3) is 0.286. The summed E-state index contributed by atoms with van der Waals surface area (Å²) in [5.41, 5.74) is 1.11. The second-order valence-electron chi connectivity index (χ2n) is 4.71. The number of nitrogens with zero attached hydrogens (tertiary/aromatic N) is 2. The van der Waals surface area contributed by atoms with E-state index < -0.39 is 10.0 Å². The summed E-state index contributed by atoms with van der Waals surface area (Å²) in [6.45, 7) is 4.20. The maximum atomic E-state index is 12.2. The van der Waals surface area contributed by atoms with Gasteiger partial charge in [-0.3, -0.25) is 4.72 Å². The van der Waals surface area contributed by atoms with Gasteiger partial charge < -0.3 is 0 Å². The zero-order valence-corrected chi connectivity index (χ0v) is 13.3. The van der Waals surface area contributed by atoms with Gasteiger partial charge in [-0.1, -0.05) is 37.6 Å². The average molecular weight is 326 g/mol. The predicted molar refractivity (Wildman–Crippen MR) is 83.0 cm³/mol. The summed E-state index contributed by atoms with van der Waals surface area (Å²) in [4.78, 5) is 7.83. The van der Waals surface area contributed by atoms with Crippen LogP contribution in [-0.4, -0.2) is 18.4 Å². The molecular formula is C14H16ClN3O2S. The van der Waals surface area contributed by atoms with Gasteiger partial charge in [0.05, 0.1) is 17.3 Å². The molecule has 0 saturated heterocycles. The van der Waals surface area contributed by atoms with Crippen LogP contribution in [-0.2, 0) is 10.0 Å². The quantitative estimate of drug-likeness (QED) is 0.914. The fourth-order valence-corrected chi connectivity index (χ4v) is 2.86. The molecule has 0 aliphatic rings. The van der Waals surface area contributed by atoms with Crippen molar-refractivity contribution < 1.29 is 8.42 Å². The van der Waals surface area contributed by atoms with E-state index in [-0.39, 0.29) is 15.9 Å². The van der Waals surface area contributed by atoms with E-state index in [1.54, 1.807) is 12.1 Å². The van der Waals surface area contributed by atoms with Crippen LogP contribution >= 0.6 is 11.6 Å². The summed E-state index contributed by atoms with van der Waals surface area (Å²) in [6, 6.07) is 6.84. The number of sulfonamides is 1. The zero-order valence-electron chi connectivity index (χ0n) is 11.7. The van der Waals surface area contributed by atoms with Crippen LogP contribution in [0.15, 0.2) is 41.6 Å². The second-order valence-corrected chi connectivity index (χ2v) is 6.78. The largest absolute Gasteiger partial charge is 0.263 e. The number of benzene rings is 1. The van der Waals surface area contributed by atoms with E-state index in [1.807, 2.05) is 12.1 Å². The maximum absolute atomic E-state index is 12.2. The number of hydrogen-bond acceptors (Lipinski definition) is 4. The molecule has 0 bridgehead atoms. The lowest BCUT2D eigenvalue weighted by Gasteiger charge is -2.11. The Bertz CT molecular complexity index is 700. The standard InChI is InChI=1S/C14H16ClN3O2S/c1-3-10(2)11-4-6-12(7-5-11)21(19,20)18-14-9-16-13(15)8-17-14/h4-10H,3H2,1-2H3,(H,17,18). The van der Waals surface area contributed by atoms with Gasteiger partial charge in [-0.05, 0) is 30.0 Å². The number of nitrogens with one attached hydrogen (secondary N) is 1. The third-order valence-electron chi connectivity index (χ3n) is 3.23. The Morgan fingerprint density at radius 3 is 2.38 bits per heavy atom. The molecule has 112 valence electrons. The van der Waals surface area contributed by atoms with E-state index in [0.717, 1.165) is 12.0 Å². The van der Waals surface area contributed by atoms with E-state index in [1.165, 1.54) is 12.4 Å². The van der Waals surface area contributed by atoms with Crippen molar-refractivity contribution in [1.82, 2.24) is 9.97 Å². The first-order valence-corrected chi connectivity index (χ1v) is 8.39. The van der Waals surface area contributed by atoms with Crippen LogP contribution in [0.1, 0.15) is 31.7 Å². The van der Waals surface area contributed by atoms with Crippen LogP contribution in [0.4, 0.5) is 5.82 Å². The van der Waals surface area contributed by atoms with Crippen molar-refractivity contribution in [3.63, 3.8) is 0 Å². The van der Waals surface area contributed by atoms with Gasteiger partial charge in [0.2, 0.25) is 0 Å². The molecule has 0 amide bonds. The van der Waals surface area contributed by atoms with E-state index in [9.17, 15) is 8.42 Å². The number of rotatable bonds is 5. The molecule has 21 heavy (non-hydrogen) atoms. The molecule has 2 rings (SSSR count). The SMILES string of the molecule is CCC(C)c1ccc(S(=O)(=O)Nc2cnc(Cl)cn2)cc1. The molecule has 7 heteroatoms. The normalized spacial score (nSPS) is 12.9. The highest BCUT2D eigenvalue weighted by Crippen LogP contribution is 2.21. The second kappa shape index (κ2) is 6.41. The highest BCUT2D eigenvalue weighted by molar-refractivity contribution is 7.92. The Hall–Kier alpha value is -1.66. The molecule has 1 atom stereocenters. The first kappa shape index (κ1) is 15.7. The minimum atomic E-state index is -3.67. The fourth-order valence-electron chi connectivity index (χ4n) is 1.77. The summed E-state index contributed by atoms with van der Waals surface area (Å²) >= 11 is 5.61. The van der Waals surface area contributed by atoms with Crippen LogP contribution in [0.5, 0.6) is 0 Å². The Balaban J connectivity index is 2.21. The number of aromatic nitrogens is 2. The molecular weight excluding hydrogens is 310 g/mol. The van der Waals surface area contributed by atoms with Gasteiger partial charge in [0.25, 0.3) is 10.0 Å². The average Bonchev–Trinajstić information content (AvgIpc) is 2.49. The molecule has 0 fully saturated rings. The van der Waals surface area contributed by atoms with E-state index in [4.69, 9.17) is 11.6 Å². The molecule has 0 aliphatic carbocycles. The summed E-state index contributed by atoms with van der Waals surface area (Å²) in [6.07, 6.45) is 3.56. The smallest absolute Gasteiger partial charge is 0.262 e. The lowest BCUT2D eigenvalue weighted by Crippen LogP contribution is -2.14. The lowest BCUT2D eigenvalue weighted by molar-refractivity contribution is 0.601. The zero-order chi connectivity index (χ0) is 15.5. The summed E-state index contributed by atoms with van der Waals surface area (Å²) in [5, 5.41) is 0.204. The van der Waals surface area contributed by atoms with Gasteiger partial charge in [-0.25, -0.2) is 18.4 Å². The minimum Gasteiger partial charge on any atom is -0.262 e. The van der Waals surface area contributed by atoms with Crippen molar-refractivity contribution in [2.75, 3.05) is 4.72 Å². The van der Waals surface area contributed by atoms with Gasteiger partial charge in [0, 0.05) is 0 Å². The van der Waals surface area contributed by atoms with Gasteiger partial charge in [-0.2, -0.15) is 0 Å². The van der Waals surface area contributed by atoms with Crippen molar-refractivity contribution >= 4 is 27.4 Å². The molecule has 1 heterocycles. The van der Waals surface area contributed by atoms with Crippen molar-refractivity contribution in [3.8, 4) is 0 Å². The Morgan fingerprint density at radius 1 is 1.19 bits per heavy atom. The molecule has 1 unspecified atom stereocenters. The highest BCUT2D eigenvalue weighted by Gasteiger charge is 2.15. The Morgan fingerprint density at radius 2 is 1.86 bits per heavy atom. The number of halogens is 1. The molecule has 2 aromatic rings. The lowest BCUT2D eigenvalue weighted by atomic mass is 9.99. The van der Waals surface area contributed by atoms with Crippen LogP contribution in [0.3, 0.4) is 0 Å². The van der Waals surface area contributed by atoms with Gasteiger partial charge in [0.1, 0.15) is 5.15 Å². The van der Waals surface area contributed by atoms with Crippen LogP contribution in [0.2, 0.25) is 5.15 Å². The van der Waals surface area contributed by atoms with Crippen LogP contribution in [0.25, 0.3) is 0 Å². The topological polar surface area (TPSA) is 72.0 Å². The van der Waals surface area contributed by atoms with Gasteiger partial charge in [-0.15, -0.1) is 0 Å².